The molecule has 2 aromatic rings. The van der Waals surface area contributed by atoms with Gasteiger partial charge in [-0.3, -0.25) is 0 Å². The highest BCUT2D eigenvalue weighted by Gasteiger charge is 2.05. The molecule has 0 aliphatic rings. The highest BCUT2D eigenvalue weighted by Crippen LogP contribution is 2.30. The van der Waals surface area contributed by atoms with Crippen LogP contribution in [0.2, 0.25) is 0 Å². The van der Waals surface area contributed by atoms with Gasteiger partial charge in [0.2, 0.25) is 0 Å². The summed E-state index contributed by atoms with van der Waals surface area (Å²) in [7, 11) is 1.64. The molecule has 4 nitrogen and oxygen atoms in total. The van der Waals surface area contributed by atoms with Gasteiger partial charge in [0.25, 0.3) is 0 Å². The van der Waals surface area contributed by atoms with Gasteiger partial charge < -0.3 is 14.8 Å². The van der Waals surface area contributed by atoms with Crippen molar-refractivity contribution in [3.63, 3.8) is 0 Å². The Morgan fingerprint density at radius 2 is 2.16 bits per heavy atom. The molecule has 1 aromatic carbocycles. The molecule has 0 spiro atoms. The topological polar surface area (TPSA) is 43.4 Å². The molecular weight excluding hydrogens is 260 g/mol. The van der Waals surface area contributed by atoms with Gasteiger partial charge in [0, 0.05) is 17.1 Å². The molecular formula is C14H18N2O2S. The zero-order valence-electron chi connectivity index (χ0n) is 11.4. The van der Waals surface area contributed by atoms with Crippen LogP contribution in [0.25, 0.3) is 0 Å². The number of nitrogens with zero attached hydrogens (tertiary/aromatic N) is 1. The van der Waals surface area contributed by atoms with E-state index in [1.54, 1.807) is 18.4 Å². The summed E-state index contributed by atoms with van der Waals surface area (Å²) in [5.74, 6) is 1.50. The number of benzene rings is 1. The smallest absolute Gasteiger partial charge is 0.163 e. The minimum Gasteiger partial charge on any atom is -0.493 e. The number of nitrogens with one attached hydrogen (secondary N) is 1. The number of rotatable bonds is 6. The highest BCUT2D eigenvalue weighted by atomic mass is 32.1. The predicted octanol–water partition coefficient (Wildman–Crippen LogP) is 3.47. The van der Waals surface area contributed by atoms with Crippen LogP contribution in [0.5, 0.6) is 11.5 Å². The molecule has 1 aromatic heterocycles. The van der Waals surface area contributed by atoms with E-state index in [2.05, 4.69) is 15.7 Å². The first kappa shape index (κ1) is 13.7. The van der Waals surface area contributed by atoms with Gasteiger partial charge in [0.05, 0.1) is 31.0 Å². The summed E-state index contributed by atoms with van der Waals surface area (Å²) in [5, 5.41) is 6.48. The van der Waals surface area contributed by atoms with Crippen molar-refractivity contribution in [1.29, 1.82) is 0 Å². The van der Waals surface area contributed by atoms with Crippen molar-refractivity contribution in [2.24, 2.45) is 0 Å². The van der Waals surface area contributed by atoms with Crippen molar-refractivity contribution in [2.45, 2.75) is 20.4 Å². The van der Waals surface area contributed by atoms with Gasteiger partial charge in [0.15, 0.2) is 11.5 Å². The van der Waals surface area contributed by atoms with Gasteiger partial charge in [-0.25, -0.2) is 4.98 Å². The second-order valence-corrected chi connectivity index (χ2v) is 5.07. The van der Waals surface area contributed by atoms with E-state index in [-0.39, 0.29) is 0 Å². The molecule has 0 radical (unpaired) electrons. The molecule has 2 rings (SSSR count). The highest BCUT2D eigenvalue weighted by molar-refractivity contribution is 7.09. The first-order valence-corrected chi connectivity index (χ1v) is 7.06. The van der Waals surface area contributed by atoms with E-state index in [0.29, 0.717) is 13.2 Å². The fraction of sp³-hybridized carbons (Fsp3) is 0.357. The van der Waals surface area contributed by atoms with Crippen LogP contribution >= 0.6 is 11.3 Å². The van der Waals surface area contributed by atoms with E-state index in [1.807, 2.05) is 32.0 Å². The number of thiazole rings is 1. The molecule has 0 saturated heterocycles. The Balaban J connectivity index is 2.05. The maximum Gasteiger partial charge on any atom is 0.163 e. The van der Waals surface area contributed by atoms with Crippen molar-refractivity contribution in [2.75, 3.05) is 19.0 Å². The maximum absolute atomic E-state index is 5.55. The molecule has 0 fully saturated rings. The van der Waals surface area contributed by atoms with Crippen molar-refractivity contribution >= 4 is 17.0 Å². The molecule has 0 saturated carbocycles. The number of hydrogen-bond acceptors (Lipinski definition) is 5. The van der Waals surface area contributed by atoms with Crippen molar-refractivity contribution in [3.05, 3.63) is 34.3 Å². The Hall–Kier alpha value is -1.75. The first-order chi connectivity index (χ1) is 9.22. The molecule has 1 heterocycles. The number of aromatic nitrogens is 1. The van der Waals surface area contributed by atoms with E-state index in [4.69, 9.17) is 9.47 Å². The normalized spacial score (nSPS) is 10.3. The Morgan fingerprint density at radius 3 is 2.79 bits per heavy atom. The van der Waals surface area contributed by atoms with Gasteiger partial charge >= 0.3 is 0 Å². The van der Waals surface area contributed by atoms with E-state index < -0.39 is 0 Å². The second kappa shape index (κ2) is 6.43. The summed E-state index contributed by atoms with van der Waals surface area (Å²) in [5.41, 5.74) is 2.05. The minimum atomic E-state index is 0.616. The van der Waals surface area contributed by atoms with Gasteiger partial charge in [-0.2, -0.15) is 0 Å². The van der Waals surface area contributed by atoms with Crippen LogP contribution < -0.4 is 14.8 Å². The van der Waals surface area contributed by atoms with Crippen LogP contribution in [-0.2, 0) is 6.54 Å². The molecule has 0 unspecified atom stereocenters. The van der Waals surface area contributed by atoms with E-state index in [1.165, 1.54) is 0 Å². The standard InChI is InChI=1S/C14H18N2O2S/c1-4-18-14-7-11(5-6-13(14)17-3)15-8-12-9-19-10(2)16-12/h5-7,9,15H,4,8H2,1-3H3. The van der Waals surface area contributed by atoms with Crippen molar-refractivity contribution in [1.82, 2.24) is 4.98 Å². The van der Waals surface area contributed by atoms with Gasteiger partial charge in [0.1, 0.15) is 0 Å². The Bertz CT molecular complexity index is 540. The molecule has 19 heavy (non-hydrogen) atoms. The Morgan fingerprint density at radius 1 is 1.32 bits per heavy atom. The molecule has 0 aliphatic carbocycles. The lowest BCUT2D eigenvalue weighted by molar-refractivity contribution is 0.311. The number of aryl methyl sites for hydroxylation is 1. The summed E-state index contributed by atoms with van der Waals surface area (Å²) >= 11 is 1.66. The maximum atomic E-state index is 5.55. The quantitative estimate of drug-likeness (QED) is 0.878. The monoisotopic (exact) mass is 278 g/mol. The van der Waals surface area contributed by atoms with Crippen LogP contribution in [0.1, 0.15) is 17.6 Å². The van der Waals surface area contributed by atoms with Crippen molar-refractivity contribution < 1.29 is 9.47 Å². The number of methoxy groups -OCH3 is 1. The summed E-state index contributed by atoms with van der Waals surface area (Å²) in [6.45, 7) is 5.29. The third-order valence-corrected chi connectivity index (χ3v) is 3.43. The Labute approximate surface area is 117 Å². The summed E-state index contributed by atoms with van der Waals surface area (Å²) in [4.78, 5) is 4.42. The second-order valence-electron chi connectivity index (χ2n) is 4.01. The zero-order chi connectivity index (χ0) is 13.7. The fourth-order valence-corrected chi connectivity index (χ4v) is 2.35. The van der Waals surface area contributed by atoms with E-state index >= 15 is 0 Å². The van der Waals surface area contributed by atoms with E-state index in [9.17, 15) is 0 Å². The van der Waals surface area contributed by atoms with Gasteiger partial charge in [-0.15, -0.1) is 11.3 Å². The third kappa shape index (κ3) is 3.61. The molecule has 0 bridgehead atoms. The lowest BCUT2D eigenvalue weighted by Crippen LogP contribution is -2.01. The fourth-order valence-electron chi connectivity index (χ4n) is 1.74. The van der Waals surface area contributed by atoms with Crippen LogP contribution in [0.4, 0.5) is 5.69 Å². The van der Waals surface area contributed by atoms with Crippen LogP contribution in [-0.4, -0.2) is 18.7 Å². The first-order valence-electron chi connectivity index (χ1n) is 6.18. The lowest BCUT2D eigenvalue weighted by Gasteiger charge is -2.11. The van der Waals surface area contributed by atoms with E-state index in [0.717, 1.165) is 27.9 Å². The lowest BCUT2D eigenvalue weighted by atomic mass is 10.2. The molecule has 1 N–H and O–H groups in total. The minimum absolute atomic E-state index is 0.616. The van der Waals surface area contributed by atoms with Crippen molar-refractivity contribution in [3.8, 4) is 11.5 Å². The van der Waals surface area contributed by atoms with Crippen LogP contribution in [0, 0.1) is 6.92 Å². The summed E-state index contributed by atoms with van der Waals surface area (Å²) in [6.07, 6.45) is 0. The number of ether oxygens (including phenoxy) is 2. The average Bonchev–Trinajstić information content (AvgIpc) is 2.83. The Kier molecular flexibility index (Phi) is 4.63. The summed E-state index contributed by atoms with van der Waals surface area (Å²) in [6, 6.07) is 5.82. The molecule has 5 heteroatoms. The molecule has 0 atom stereocenters. The molecule has 0 amide bonds. The largest absolute Gasteiger partial charge is 0.493 e. The third-order valence-electron chi connectivity index (χ3n) is 2.60. The van der Waals surface area contributed by atoms with Gasteiger partial charge in [-0.1, -0.05) is 0 Å². The van der Waals surface area contributed by atoms with Crippen LogP contribution in [0.15, 0.2) is 23.6 Å². The molecule has 102 valence electrons. The number of anilines is 1. The summed E-state index contributed by atoms with van der Waals surface area (Å²) < 4.78 is 10.8. The number of hydrogen-bond donors (Lipinski definition) is 1. The predicted molar refractivity (Wildman–Crippen MR) is 78.3 cm³/mol. The van der Waals surface area contributed by atoms with Crippen LogP contribution in [0.3, 0.4) is 0 Å². The zero-order valence-corrected chi connectivity index (χ0v) is 12.2. The average molecular weight is 278 g/mol. The van der Waals surface area contributed by atoms with Gasteiger partial charge in [-0.05, 0) is 26.0 Å². The molecule has 0 aliphatic heterocycles. The SMILES string of the molecule is CCOc1cc(NCc2csc(C)n2)ccc1OC.